The molecule has 0 bridgehead atoms. The summed E-state index contributed by atoms with van der Waals surface area (Å²) in [6.07, 6.45) is 0.449. The molecule has 1 amide bonds. The second-order valence-corrected chi connectivity index (χ2v) is 7.54. The van der Waals surface area contributed by atoms with E-state index in [9.17, 15) is 19.3 Å². The molecule has 0 radical (unpaired) electrons. The van der Waals surface area contributed by atoms with Crippen LogP contribution in [0.5, 0.6) is 0 Å². The van der Waals surface area contributed by atoms with Crippen molar-refractivity contribution in [1.82, 2.24) is 19.9 Å². The zero-order chi connectivity index (χ0) is 21.3. The molecule has 0 fully saturated rings. The normalized spacial score (nSPS) is 11.0. The highest BCUT2D eigenvalue weighted by molar-refractivity contribution is 7.15. The van der Waals surface area contributed by atoms with Gasteiger partial charge >= 0.3 is 0 Å². The van der Waals surface area contributed by atoms with Crippen molar-refractivity contribution in [2.45, 2.75) is 6.42 Å². The van der Waals surface area contributed by atoms with Crippen LogP contribution in [0.4, 0.5) is 10.1 Å². The molecule has 8 nitrogen and oxygen atoms in total. The van der Waals surface area contributed by atoms with Crippen LogP contribution in [-0.2, 0) is 6.42 Å². The summed E-state index contributed by atoms with van der Waals surface area (Å²) < 4.78 is 15.1. The maximum absolute atomic E-state index is 13.4. The van der Waals surface area contributed by atoms with Gasteiger partial charge in [-0.15, -0.1) is 16.4 Å². The summed E-state index contributed by atoms with van der Waals surface area (Å²) in [6.45, 7) is 0.263. The highest BCUT2D eigenvalue weighted by Gasteiger charge is 2.16. The number of halogens is 2. The van der Waals surface area contributed by atoms with Crippen molar-refractivity contribution in [1.29, 1.82) is 0 Å². The number of rotatable bonds is 6. The minimum atomic E-state index is -0.587. The van der Waals surface area contributed by atoms with Gasteiger partial charge in [-0.1, -0.05) is 23.7 Å². The zero-order valence-corrected chi connectivity index (χ0v) is 16.8. The molecule has 4 rings (SSSR count). The van der Waals surface area contributed by atoms with Crippen LogP contribution in [0.3, 0.4) is 0 Å². The number of amides is 1. The second kappa shape index (κ2) is 8.17. The Bertz CT molecular complexity index is 1270. The molecule has 2 heterocycles. The molecule has 2 aromatic heterocycles. The number of nitrogens with zero attached hydrogens (tertiary/aromatic N) is 4. The molecule has 0 aliphatic carbocycles. The Kier molecular flexibility index (Phi) is 5.42. The number of benzene rings is 2. The number of fused-ring (bicyclic) bond motifs is 1. The molecule has 0 saturated heterocycles. The van der Waals surface area contributed by atoms with Crippen LogP contribution in [0.1, 0.15) is 16.1 Å². The molecule has 0 aliphatic heterocycles. The first-order valence-corrected chi connectivity index (χ1v) is 9.99. The van der Waals surface area contributed by atoms with Gasteiger partial charge in [0.1, 0.15) is 5.82 Å². The Morgan fingerprint density at radius 2 is 2.13 bits per heavy atom. The molecule has 0 spiro atoms. The van der Waals surface area contributed by atoms with Crippen molar-refractivity contribution < 1.29 is 14.1 Å². The number of nitro groups is 1. The number of thiazole rings is 1. The van der Waals surface area contributed by atoms with Gasteiger partial charge in [-0.25, -0.2) is 8.91 Å². The Labute approximate surface area is 178 Å². The number of aromatic nitrogens is 3. The number of carbonyl (C=O) groups is 1. The fourth-order valence-electron chi connectivity index (χ4n) is 2.85. The fourth-order valence-corrected chi connectivity index (χ4v) is 3.91. The lowest BCUT2D eigenvalue weighted by Gasteiger charge is -2.06. The fraction of sp³-hybridized carbons (Fsp3) is 0.105. The monoisotopic (exact) mass is 445 g/mol. The third kappa shape index (κ3) is 4.00. The first-order valence-electron chi connectivity index (χ1n) is 8.73. The van der Waals surface area contributed by atoms with E-state index in [4.69, 9.17) is 11.6 Å². The van der Waals surface area contributed by atoms with Gasteiger partial charge in [-0.2, -0.15) is 4.98 Å². The van der Waals surface area contributed by atoms with Crippen LogP contribution in [0.2, 0.25) is 5.02 Å². The molecule has 11 heteroatoms. The average Bonchev–Trinajstić information content (AvgIpc) is 3.30. The number of carbonyl (C=O) groups excluding carboxylic acids is 1. The van der Waals surface area contributed by atoms with Gasteiger partial charge in [-0.05, 0) is 18.2 Å². The molecule has 0 unspecified atom stereocenters. The first-order chi connectivity index (χ1) is 14.4. The minimum Gasteiger partial charge on any atom is -0.352 e. The molecular formula is C19H13ClFN5O3S. The summed E-state index contributed by atoms with van der Waals surface area (Å²) in [7, 11) is 0. The highest BCUT2D eigenvalue weighted by atomic mass is 35.5. The number of hydrogen-bond donors (Lipinski definition) is 1. The molecule has 30 heavy (non-hydrogen) atoms. The van der Waals surface area contributed by atoms with Gasteiger partial charge in [0, 0.05) is 36.0 Å². The second-order valence-electron chi connectivity index (χ2n) is 6.29. The highest BCUT2D eigenvalue weighted by Crippen LogP contribution is 2.23. The van der Waals surface area contributed by atoms with E-state index in [1.54, 1.807) is 16.6 Å². The quantitative estimate of drug-likeness (QED) is 0.355. The van der Waals surface area contributed by atoms with E-state index in [1.807, 2.05) is 5.38 Å². The summed E-state index contributed by atoms with van der Waals surface area (Å²) in [6, 6.07) is 9.73. The molecule has 0 aliphatic rings. The van der Waals surface area contributed by atoms with Crippen molar-refractivity contribution in [2.75, 3.05) is 6.54 Å². The van der Waals surface area contributed by atoms with Gasteiger partial charge in [0.25, 0.3) is 11.6 Å². The summed E-state index contributed by atoms with van der Waals surface area (Å²) in [5, 5.41) is 20.0. The standard InChI is InChI=1S/C19H13ClFN5O3S/c20-16-5-4-13(26(28)29)9-15(16)18(27)22-7-6-14-10-30-19-23-17(24-25(14)19)11-2-1-3-12(21)8-11/h1-5,8-10H,6-7H2,(H,22,27). The van der Waals surface area contributed by atoms with Gasteiger partial charge in [0.2, 0.25) is 4.96 Å². The van der Waals surface area contributed by atoms with E-state index >= 15 is 0 Å². The van der Waals surface area contributed by atoms with Gasteiger partial charge in [0.15, 0.2) is 5.82 Å². The van der Waals surface area contributed by atoms with Crippen LogP contribution in [0.25, 0.3) is 16.3 Å². The van der Waals surface area contributed by atoms with Crippen molar-refractivity contribution in [3.8, 4) is 11.4 Å². The molecule has 0 saturated carbocycles. The molecule has 2 aromatic carbocycles. The van der Waals surface area contributed by atoms with Crippen molar-refractivity contribution in [2.24, 2.45) is 0 Å². The number of nitrogens with one attached hydrogen (secondary N) is 1. The first kappa shape index (κ1) is 19.9. The number of nitro benzene ring substituents is 1. The maximum Gasteiger partial charge on any atom is 0.270 e. The molecule has 4 aromatic rings. The average molecular weight is 446 g/mol. The van der Waals surface area contributed by atoms with Crippen LogP contribution in [0.15, 0.2) is 47.8 Å². The van der Waals surface area contributed by atoms with Gasteiger partial charge < -0.3 is 5.32 Å². The molecule has 152 valence electrons. The van der Waals surface area contributed by atoms with E-state index in [2.05, 4.69) is 15.4 Å². The van der Waals surface area contributed by atoms with Crippen LogP contribution in [0, 0.1) is 15.9 Å². The maximum atomic E-state index is 13.4. The van der Waals surface area contributed by atoms with E-state index in [-0.39, 0.29) is 28.6 Å². The lowest BCUT2D eigenvalue weighted by atomic mass is 10.2. The summed E-state index contributed by atoms with van der Waals surface area (Å²) >= 11 is 7.38. The van der Waals surface area contributed by atoms with Crippen LogP contribution < -0.4 is 5.32 Å². The van der Waals surface area contributed by atoms with E-state index in [0.717, 1.165) is 11.8 Å². The van der Waals surface area contributed by atoms with Gasteiger partial charge in [0.05, 0.1) is 21.2 Å². The summed E-state index contributed by atoms with van der Waals surface area (Å²) in [5.41, 5.74) is 1.22. The Morgan fingerprint density at radius 1 is 1.30 bits per heavy atom. The third-order valence-corrected chi connectivity index (χ3v) is 5.50. The van der Waals surface area contributed by atoms with Crippen molar-refractivity contribution in [3.05, 3.63) is 80.1 Å². The van der Waals surface area contributed by atoms with E-state index in [1.165, 1.54) is 35.6 Å². The number of hydrogen-bond acceptors (Lipinski definition) is 6. The van der Waals surface area contributed by atoms with E-state index < -0.39 is 10.8 Å². The Morgan fingerprint density at radius 3 is 2.90 bits per heavy atom. The van der Waals surface area contributed by atoms with Crippen LogP contribution in [-0.4, -0.2) is 32.0 Å². The largest absolute Gasteiger partial charge is 0.352 e. The summed E-state index contributed by atoms with van der Waals surface area (Å²) in [5.74, 6) is -0.461. The SMILES string of the molecule is O=C(NCCc1csc2nc(-c3cccc(F)c3)nn12)c1cc([N+](=O)[O-])ccc1Cl. The lowest BCUT2D eigenvalue weighted by molar-refractivity contribution is -0.384. The Balaban J connectivity index is 1.46. The summed E-state index contributed by atoms with van der Waals surface area (Å²) in [4.78, 5) is 27.7. The van der Waals surface area contributed by atoms with E-state index in [0.29, 0.717) is 22.8 Å². The van der Waals surface area contributed by atoms with Gasteiger partial charge in [-0.3, -0.25) is 14.9 Å². The smallest absolute Gasteiger partial charge is 0.270 e. The molecule has 1 N–H and O–H groups in total. The minimum absolute atomic E-state index is 0.0375. The zero-order valence-electron chi connectivity index (χ0n) is 15.2. The predicted octanol–water partition coefficient (Wildman–Crippen LogP) is 4.13. The van der Waals surface area contributed by atoms with Crippen molar-refractivity contribution >= 4 is 39.5 Å². The number of non-ortho nitro benzene ring substituents is 1. The predicted molar refractivity (Wildman–Crippen MR) is 110 cm³/mol. The van der Waals surface area contributed by atoms with Crippen molar-refractivity contribution in [3.63, 3.8) is 0 Å². The third-order valence-electron chi connectivity index (χ3n) is 4.30. The van der Waals surface area contributed by atoms with Crippen LogP contribution >= 0.6 is 22.9 Å². The Hall–Kier alpha value is -3.37. The molecule has 0 atom stereocenters. The topological polar surface area (TPSA) is 102 Å². The lowest BCUT2D eigenvalue weighted by Crippen LogP contribution is -2.26. The molecular weight excluding hydrogens is 433 g/mol.